The molecule has 0 aromatic heterocycles. The number of sulfone groups is 1. The smallest absolute Gasteiger partial charge is 0.345 e. The monoisotopic (exact) mass is 886 g/mol. The van der Waals surface area contributed by atoms with Gasteiger partial charge in [0.25, 0.3) is 0 Å². The highest BCUT2D eigenvalue weighted by Gasteiger charge is 2.30. The predicted octanol–water partition coefficient (Wildman–Crippen LogP) is 9.91. The lowest BCUT2D eigenvalue weighted by Gasteiger charge is -2.22. The first-order chi connectivity index (χ1) is 30.6. The lowest BCUT2D eigenvalue weighted by atomic mass is 9.97. The van der Waals surface area contributed by atoms with Crippen molar-refractivity contribution in [2.24, 2.45) is 5.41 Å². The molecule has 1 atom stereocenters. The molecule has 0 amide bonds. The van der Waals surface area contributed by atoms with E-state index in [2.05, 4.69) is 0 Å². The Morgan fingerprint density at radius 3 is 1.27 bits per heavy atom. The maximum absolute atomic E-state index is 14.6. The minimum absolute atomic E-state index is 0.0382. The third-order valence-electron chi connectivity index (χ3n) is 9.59. The summed E-state index contributed by atoms with van der Waals surface area (Å²) in [6.45, 7) is 6.42. The normalized spacial score (nSPS) is 11.8. The standard InChI is InChI=1S/C51H50O12S/c1-35(63-50(55)51(2,3)4)62-49(54)45-28-43(59-30-37-19-11-6-12-20-37)26-41(47(45)61-32-39-23-15-8-16-24-39)34-64(56,57)33-40-25-42(58-29-36-17-9-5-10-18-36)27-44(48(52)53)46(40)60-31-38-21-13-7-14-22-38/h5-28,35H,29-34H2,1-4H3,(H,52,53). The molecule has 13 heteroatoms. The molecule has 0 spiro atoms. The van der Waals surface area contributed by atoms with Crippen LogP contribution < -0.4 is 18.9 Å². The van der Waals surface area contributed by atoms with Gasteiger partial charge in [0.05, 0.1) is 16.9 Å². The Morgan fingerprint density at radius 1 is 0.531 bits per heavy atom. The second kappa shape index (κ2) is 21.3. The Bertz CT molecular complexity index is 2630. The van der Waals surface area contributed by atoms with Gasteiger partial charge in [-0.25, -0.2) is 18.0 Å². The summed E-state index contributed by atoms with van der Waals surface area (Å²) in [6, 6.07) is 42.2. The molecule has 6 aromatic carbocycles. The van der Waals surface area contributed by atoms with Crippen molar-refractivity contribution in [3.63, 3.8) is 0 Å². The van der Waals surface area contributed by atoms with E-state index in [-0.39, 0.29) is 71.7 Å². The fourth-order valence-electron chi connectivity index (χ4n) is 6.38. The first kappa shape index (κ1) is 46.4. The van der Waals surface area contributed by atoms with Gasteiger partial charge in [0, 0.05) is 18.1 Å². The highest BCUT2D eigenvalue weighted by molar-refractivity contribution is 7.89. The van der Waals surface area contributed by atoms with E-state index in [0.29, 0.717) is 0 Å². The topological polar surface area (TPSA) is 161 Å². The summed E-state index contributed by atoms with van der Waals surface area (Å²) in [4.78, 5) is 39.6. The van der Waals surface area contributed by atoms with Crippen LogP contribution in [0, 0.1) is 5.41 Å². The zero-order chi connectivity index (χ0) is 45.7. The van der Waals surface area contributed by atoms with E-state index >= 15 is 0 Å². The van der Waals surface area contributed by atoms with E-state index in [1.54, 1.807) is 45.0 Å². The van der Waals surface area contributed by atoms with E-state index in [1.165, 1.54) is 31.2 Å². The molecule has 332 valence electrons. The van der Waals surface area contributed by atoms with E-state index < -0.39 is 51.0 Å². The average molecular weight is 887 g/mol. The van der Waals surface area contributed by atoms with Crippen LogP contribution in [0.2, 0.25) is 0 Å². The summed E-state index contributed by atoms with van der Waals surface area (Å²) in [5.41, 5.74) is 1.80. The second-order valence-electron chi connectivity index (χ2n) is 16.0. The molecule has 64 heavy (non-hydrogen) atoms. The van der Waals surface area contributed by atoms with Crippen LogP contribution in [0.1, 0.15) is 81.8 Å². The van der Waals surface area contributed by atoms with Crippen molar-refractivity contribution in [1.82, 2.24) is 0 Å². The molecular formula is C51H50O12S. The van der Waals surface area contributed by atoms with Crippen LogP contribution in [0.25, 0.3) is 0 Å². The summed E-state index contributed by atoms with van der Waals surface area (Å²) in [5.74, 6) is -4.33. The molecule has 0 radical (unpaired) electrons. The summed E-state index contributed by atoms with van der Waals surface area (Å²) in [6.07, 6.45) is -1.32. The minimum atomic E-state index is -4.29. The summed E-state index contributed by atoms with van der Waals surface area (Å²) in [5, 5.41) is 10.4. The molecule has 6 rings (SSSR count). The number of carbonyl (C=O) groups excluding carboxylic acids is 2. The molecular weight excluding hydrogens is 837 g/mol. The van der Waals surface area contributed by atoms with Gasteiger partial charge in [-0.1, -0.05) is 121 Å². The molecule has 0 aliphatic heterocycles. The van der Waals surface area contributed by atoms with Crippen molar-refractivity contribution in [2.45, 2.75) is 71.9 Å². The molecule has 1 N–H and O–H groups in total. The van der Waals surface area contributed by atoms with Gasteiger partial charge >= 0.3 is 17.9 Å². The predicted molar refractivity (Wildman–Crippen MR) is 240 cm³/mol. The Hall–Kier alpha value is -7.12. The molecule has 0 aliphatic carbocycles. The Kier molecular flexibility index (Phi) is 15.4. The number of aromatic carboxylic acids is 1. The number of hydrogen-bond donors (Lipinski definition) is 1. The molecule has 6 aromatic rings. The number of carbonyl (C=O) groups is 3. The fraction of sp³-hybridized carbons (Fsp3) is 0.235. The third kappa shape index (κ3) is 13.4. The van der Waals surface area contributed by atoms with Gasteiger partial charge in [-0.05, 0) is 67.3 Å². The molecule has 1 unspecified atom stereocenters. The van der Waals surface area contributed by atoms with E-state index in [1.807, 2.05) is 97.1 Å². The first-order valence-corrected chi connectivity index (χ1v) is 22.3. The summed E-state index contributed by atoms with van der Waals surface area (Å²) in [7, 11) is -4.29. The first-order valence-electron chi connectivity index (χ1n) is 20.5. The molecule has 0 bridgehead atoms. The molecule has 0 aliphatic rings. The maximum Gasteiger partial charge on any atom is 0.345 e. The van der Waals surface area contributed by atoms with Crippen LogP contribution >= 0.6 is 0 Å². The van der Waals surface area contributed by atoms with Gasteiger partial charge < -0.3 is 33.5 Å². The number of carboxylic acids is 1. The second-order valence-corrected chi connectivity index (χ2v) is 18.0. The lowest BCUT2D eigenvalue weighted by Crippen LogP contribution is -2.29. The van der Waals surface area contributed by atoms with Gasteiger partial charge in [0.1, 0.15) is 60.6 Å². The Morgan fingerprint density at radius 2 is 0.891 bits per heavy atom. The summed E-state index contributed by atoms with van der Waals surface area (Å²) >= 11 is 0. The van der Waals surface area contributed by atoms with Crippen LogP contribution in [0.3, 0.4) is 0 Å². The quantitative estimate of drug-likeness (QED) is 0.0572. The number of hydrogen-bond acceptors (Lipinski definition) is 11. The molecule has 12 nitrogen and oxygen atoms in total. The zero-order valence-electron chi connectivity index (χ0n) is 36.0. The minimum Gasteiger partial charge on any atom is -0.489 e. The highest BCUT2D eigenvalue weighted by Crippen LogP contribution is 2.37. The molecule has 0 saturated carbocycles. The zero-order valence-corrected chi connectivity index (χ0v) is 36.8. The van der Waals surface area contributed by atoms with Gasteiger partial charge in [0.15, 0.2) is 9.84 Å². The van der Waals surface area contributed by atoms with E-state index in [4.69, 9.17) is 28.4 Å². The van der Waals surface area contributed by atoms with Crippen molar-refractivity contribution in [1.29, 1.82) is 0 Å². The van der Waals surface area contributed by atoms with Crippen molar-refractivity contribution in [3.05, 3.63) is 190 Å². The largest absolute Gasteiger partial charge is 0.489 e. The SMILES string of the molecule is CC(OC(=O)c1cc(OCc2ccccc2)cc(CS(=O)(=O)Cc2cc(OCc3ccccc3)cc(C(=O)O)c2OCc2ccccc2)c1OCc1ccccc1)OC(=O)C(C)(C)C. The Labute approximate surface area is 373 Å². The van der Waals surface area contributed by atoms with Gasteiger partial charge in [-0.2, -0.15) is 0 Å². The molecule has 0 heterocycles. The average Bonchev–Trinajstić information content (AvgIpc) is 3.27. The van der Waals surface area contributed by atoms with E-state index in [9.17, 15) is 27.9 Å². The number of esters is 2. The maximum atomic E-state index is 14.6. The van der Waals surface area contributed by atoms with Crippen LogP contribution in [0.4, 0.5) is 0 Å². The summed E-state index contributed by atoms with van der Waals surface area (Å²) < 4.78 is 65.0. The van der Waals surface area contributed by atoms with Gasteiger partial charge in [-0.15, -0.1) is 0 Å². The van der Waals surface area contributed by atoms with Crippen molar-refractivity contribution >= 4 is 27.7 Å². The van der Waals surface area contributed by atoms with Crippen LogP contribution in [-0.4, -0.2) is 37.7 Å². The van der Waals surface area contributed by atoms with Crippen LogP contribution in [0.15, 0.2) is 146 Å². The van der Waals surface area contributed by atoms with Gasteiger partial charge in [0.2, 0.25) is 6.29 Å². The van der Waals surface area contributed by atoms with Crippen molar-refractivity contribution < 1.29 is 56.3 Å². The van der Waals surface area contributed by atoms with Crippen LogP contribution in [-0.2, 0) is 62.0 Å². The molecule has 0 saturated heterocycles. The Balaban J connectivity index is 1.41. The van der Waals surface area contributed by atoms with Gasteiger partial charge in [-0.3, -0.25) is 4.79 Å². The highest BCUT2D eigenvalue weighted by atomic mass is 32.2. The number of benzene rings is 6. The van der Waals surface area contributed by atoms with Crippen molar-refractivity contribution in [3.8, 4) is 23.0 Å². The lowest BCUT2D eigenvalue weighted by molar-refractivity contribution is -0.174. The fourth-order valence-corrected chi connectivity index (χ4v) is 7.86. The number of rotatable bonds is 20. The van der Waals surface area contributed by atoms with E-state index in [0.717, 1.165) is 22.3 Å². The third-order valence-corrected chi connectivity index (χ3v) is 11.1. The molecule has 0 fully saturated rings. The van der Waals surface area contributed by atoms with Crippen molar-refractivity contribution in [2.75, 3.05) is 0 Å². The number of carboxylic acid groups (broad SMARTS) is 1. The number of ether oxygens (including phenoxy) is 6. The van der Waals surface area contributed by atoms with Crippen LogP contribution in [0.5, 0.6) is 23.0 Å².